The van der Waals surface area contributed by atoms with Gasteiger partial charge < -0.3 is 9.64 Å². The number of halogens is 1. The highest BCUT2D eigenvalue weighted by molar-refractivity contribution is 6.27. The minimum atomic E-state index is -0.166. The zero-order chi connectivity index (χ0) is 10.2. The van der Waals surface area contributed by atoms with Gasteiger partial charge in [0.2, 0.25) is 5.91 Å². The van der Waals surface area contributed by atoms with Crippen molar-refractivity contribution in [3.63, 3.8) is 0 Å². The standard InChI is InChI=1S/C9H15ClN2O2/c1-2-11-3-4-12(8(13)5-10)9(11)6-14-7-9/h2-7H2,1H3. The van der Waals surface area contributed by atoms with Crippen molar-refractivity contribution in [1.82, 2.24) is 9.80 Å². The molecule has 0 aromatic carbocycles. The van der Waals surface area contributed by atoms with Crippen molar-refractivity contribution < 1.29 is 9.53 Å². The highest BCUT2D eigenvalue weighted by Gasteiger charge is 2.53. The Morgan fingerprint density at radius 3 is 2.64 bits per heavy atom. The molecule has 2 fully saturated rings. The van der Waals surface area contributed by atoms with Crippen molar-refractivity contribution in [3.8, 4) is 0 Å². The molecule has 2 rings (SSSR count). The third-order valence-corrected chi connectivity index (χ3v) is 3.38. The smallest absolute Gasteiger partial charge is 0.239 e. The molecule has 0 saturated carbocycles. The van der Waals surface area contributed by atoms with Gasteiger partial charge in [-0.25, -0.2) is 0 Å². The van der Waals surface area contributed by atoms with Crippen LogP contribution in [0.5, 0.6) is 0 Å². The SMILES string of the molecule is CCN1CCN(C(=O)CCl)C12COC2. The third kappa shape index (κ3) is 1.25. The summed E-state index contributed by atoms with van der Waals surface area (Å²) in [4.78, 5) is 15.8. The van der Waals surface area contributed by atoms with Crippen molar-refractivity contribution in [3.05, 3.63) is 0 Å². The summed E-state index contributed by atoms with van der Waals surface area (Å²) in [5.74, 6) is 0.0881. The number of rotatable bonds is 2. The summed E-state index contributed by atoms with van der Waals surface area (Å²) >= 11 is 5.58. The Morgan fingerprint density at radius 1 is 1.50 bits per heavy atom. The maximum absolute atomic E-state index is 11.6. The number of carbonyl (C=O) groups is 1. The molecule has 1 spiro atoms. The van der Waals surface area contributed by atoms with E-state index in [-0.39, 0.29) is 17.5 Å². The number of amides is 1. The lowest BCUT2D eigenvalue weighted by atomic mass is 10.1. The molecule has 1 amide bonds. The predicted octanol–water partition coefficient (Wildman–Crippen LogP) is 0.116. The lowest BCUT2D eigenvalue weighted by Crippen LogP contribution is -2.67. The maximum atomic E-state index is 11.6. The van der Waals surface area contributed by atoms with Crippen LogP contribution in [0.15, 0.2) is 0 Å². The van der Waals surface area contributed by atoms with Gasteiger partial charge in [0.25, 0.3) is 0 Å². The fourth-order valence-electron chi connectivity index (χ4n) is 2.31. The highest BCUT2D eigenvalue weighted by atomic mass is 35.5. The average Bonchev–Trinajstić information content (AvgIpc) is 2.54. The van der Waals surface area contributed by atoms with E-state index in [0.717, 1.165) is 19.6 Å². The molecule has 80 valence electrons. The normalized spacial score (nSPS) is 25.4. The predicted molar refractivity (Wildman–Crippen MR) is 53.2 cm³/mol. The third-order valence-electron chi connectivity index (χ3n) is 3.15. The molecule has 0 aromatic heterocycles. The maximum Gasteiger partial charge on any atom is 0.239 e. The summed E-state index contributed by atoms with van der Waals surface area (Å²) in [6.07, 6.45) is 0. The summed E-state index contributed by atoms with van der Waals surface area (Å²) in [6.45, 7) is 6.03. The van der Waals surface area contributed by atoms with Gasteiger partial charge in [0.15, 0.2) is 0 Å². The Labute approximate surface area is 88.7 Å². The van der Waals surface area contributed by atoms with Crippen LogP contribution in [0.3, 0.4) is 0 Å². The Kier molecular flexibility index (Phi) is 2.68. The van der Waals surface area contributed by atoms with Gasteiger partial charge in [0, 0.05) is 13.1 Å². The van der Waals surface area contributed by atoms with Crippen LogP contribution in [0.4, 0.5) is 0 Å². The zero-order valence-corrected chi connectivity index (χ0v) is 9.09. The molecule has 0 unspecified atom stereocenters. The molecule has 0 radical (unpaired) electrons. The second-order valence-corrected chi connectivity index (χ2v) is 4.00. The first-order valence-electron chi connectivity index (χ1n) is 4.94. The van der Waals surface area contributed by atoms with Gasteiger partial charge in [-0.15, -0.1) is 11.6 Å². The molecule has 2 aliphatic heterocycles. The molecule has 14 heavy (non-hydrogen) atoms. The van der Waals surface area contributed by atoms with Crippen molar-refractivity contribution in [2.24, 2.45) is 0 Å². The Balaban J connectivity index is 2.15. The molecule has 4 nitrogen and oxygen atoms in total. The number of likely N-dealkylation sites (N-methyl/N-ethyl adjacent to an activating group) is 1. The number of hydrogen-bond acceptors (Lipinski definition) is 3. The first-order valence-corrected chi connectivity index (χ1v) is 5.47. The minimum absolute atomic E-state index is 0.0194. The summed E-state index contributed by atoms with van der Waals surface area (Å²) in [5.41, 5.74) is -0.166. The van der Waals surface area contributed by atoms with E-state index in [1.165, 1.54) is 0 Å². The van der Waals surface area contributed by atoms with Crippen molar-refractivity contribution in [2.75, 3.05) is 38.7 Å². The topological polar surface area (TPSA) is 32.8 Å². The van der Waals surface area contributed by atoms with E-state index in [4.69, 9.17) is 16.3 Å². The van der Waals surface area contributed by atoms with Crippen molar-refractivity contribution in [1.29, 1.82) is 0 Å². The minimum Gasteiger partial charge on any atom is -0.374 e. The molecule has 2 aliphatic rings. The van der Waals surface area contributed by atoms with Crippen LogP contribution in [-0.2, 0) is 9.53 Å². The summed E-state index contributed by atoms with van der Waals surface area (Å²) in [5, 5.41) is 0. The average molecular weight is 219 g/mol. The van der Waals surface area contributed by atoms with Gasteiger partial charge in [0.1, 0.15) is 11.5 Å². The first-order chi connectivity index (χ1) is 6.74. The summed E-state index contributed by atoms with van der Waals surface area (Å²) in [7, 11) is 0. The first kappa shape index (κ1) is 10.2. The molecule has 0 N–H and O–H groups in total. The number of nitrogens with zero attached hydrogens (tertiary/aromatic N) is 2. The van der Waals surface area contributed by atoms with Gasteiger partial charge in [-0.1, -0.05) is 6.92 Å². The second kappa shape index (κ2) is 3.68. The Hall–Kier alpha value is -0.320. The molecule has 0 aromatic rings. The molecular weight excluding hydrogens is 204 g/mol. The van der Waals surface area contributed by atoms with Gasteiger partial charge in [-0.3, -0.25) is 9.69 Å². The van der Waals surface area contributed by atoms with Crippen molar-refractivity contribution in [2.45, 2.75) is 12.6 Å². The Bertz CT molecular complexity index is 243. The highest BCUT2D eigenvalue weighted by Crippen LogP contribution is 2.33. The van der Waals surface area contributed by atoms with E-state index in [9.17, 15) is 4.79 Å². The lowest BCUT2D eigenvalue weighted by molar-refractivity contribution is -0.191. The van der Waals surface area contributed by atoms with Gasteiger partial charge >= 0.3 is 0 Å². The molecule has 2 heterocycles. The quantitative estimate of drug-likeness (QED) is 0.617. The summed E-state index contributed by atoms with van der Waals surface area (Å²) < 4.78 is 5.24. The van der Waals surface area contributed by atoms with E-state index in [1.807, 2.05) is 4.90 Å². The number of carbonyl (C=O) groups excluding carboxylic acids is 1. The largest absolute Gasteiger partial charge is 0.374 e. The van der Waals surface area contributed by atoms with Crippen LogP contribution in [0.1, 0.15) is 6.92 Å². The number of alkyl halides is 1. The van der Waals surface area contributed by atoms with Gasteiger partial charge in [-0.05, 0) is 6.54 Å². The van der Waals surface area contributed by atoms with Gasteiger partial charge in [0.05, 0.1) is 13.2 Å². The zero-order valence-electron chi connectivity index (χ0n) is 8.33. The van der Waals surface area contributed by atoms with E-state index < -0.39 is 0 Å². The van der Waals surface area contributed by atoms with Crippen LogP contribution in [0.2, 0.25) is 0 Å². The monoisotopic (exact) mass is 218 g/mol. The fourth-order valence-corrected chi connectivity index (χ4v) is 2.46. The Morgan fingerprint density at radius 2 is 2.21 bits per heavy atom. The van der Waals surface area contributed by atoms with Crippen LogP contribution >= 0.6 is 11.6 Å². The van der Waals surface area contributed by atoms with Crippen LogP contribution < -0.4 is 0 Å². The van der Waals surface area contributed by atoms with Gasteiger partial charge in [-0.2, -0.15) is 0 Å². The van der Waals surface area contributed by atoms with E-state index in [1.54, 1.807) is 0 Å². The summed E-state index contributed by atoms with van der Waals surface area (Å²) in [6, 6.07) is 0. The molecule has 5 heteroatoms. The molecule has 2 saturated heterocycles. The molecule has 0 aliphatic carbocycles. The lowest BCUT2D eigenvalue weighted by Gasteiger charge is -2.49. The molecule has 0 bridgehead atoms. The van der Waals surface area contributed by atoms with E-state index in [0.29, 0.717) is 13.2 Å². The van der Waals surface area contributed by atoms with Crippen LogP contribution in [0.25, 0.3) is 0 Å². The van der Waals surface area contributed by atoms with E-state index >= 15 is 0 Å². The van der Waals surface area contributed by atoms with Crippen LogP contribution in [-0.4, -0.2) is 60.1 Å². The number of hydrogen-bond donors (Lipinski definition) is 0. The van der Waals surface area contributed by atoms with E-state index in [2.05, 4.69) is 11.8 Å². The second-order valence-electron chi connectivity index (χ2n) is 3.73. The molecule has 0 atom stereocenters. The molecular formula is C9H15ClN2O2. The van der Waals surface area contributed by atoms with Crippen molar-refractivity contribution >= 4 is 17.5 Å². The van der Waals surface area contributed by atoms with Crippen LogP contribution in [0, 0.1) is 0 Å². The number of ether oxygens (including phenoxy) is 1. The fraction of sp³-hybridized carbons (Fsp3) is 0.889.